The smallest absolute Gasteiger partial charge is 0.128 e. The van der Waals surface area contributed by atoms with Gasteiger partial charge in [-0.15, -0.1) is 0 Å². The Labute approximate surface area is 109 Å². The number of rotatable bonds is 5. The summed E-state index contributed by atoms with van der Waals surface area (Å²) in [7, 11) is 1.80. The van der Waals surface area contributed by atoms with Crippen LogP contribution >= 0.6 is 0 Å². The Balaban J connectivity index is 1.96. The van der Waals surface area contributed by atoms with Gasteiger partial charge in [-0.3, -0.25) is 0 Å². The molecular formula is C14H23N3O. The topological polar surface area (TPSA) is 37.4 Å². The second-order valence-electron chi connectivity index (χ2n) is 4.72. The number of hydrogen-bond donors (Lipinski definition) is 1. The predicted molar refractivity (Wildman–Crippen MR) is 73.9 cm³/mol. The maximum absolute atomic E-state index is 5.40. The molecule has 1 saturated heterocycles. The largest absolute Gasteiger partial charge is 0.381 e. The lowest BCUT2D eigenvalue weighted by molar-refractivity contribution is 0.0818. The average Bonchev–Trinajstić information content (AvgIpc) is 2.45. The van der Waals surface area contributed by atoms with Crippen molar-refractivity contribution in [3.8, 4) is 0 Å². The van der Waals surface area contributed by atoms with E-state index in [0.717, 1.165) is 44.8 Å². The van der Waals surface area contributed by atoms with Gasteiger partial charge in [0.25, 0.3) is 0 Å². The second kappa shape index (κ2) is 6.71. The van der Waals surface area contributed by atoms with Gasteiger partial charge in [-0.2, -0.15) is 0 Å². The number of hydrogen-bond acceptors (Lipinski definition) is 4. The molecule has 1 fully saturated rings. The van der Waals surface area contributed by atoms with Gasteiger partial charge in [0.1, 0.15) is 5.82 Å². The van der Waals surface area contributed by atoms with Gasteiger partial charge in [-0.1, -0.05) is 6.92 Å². The van der Waals surface area contributed by atoms with Crippen molar-refractivity contribution in [2.75, 3.05) is 31.6 Å². The van der Waals surface area contributed by atoms with E-state index in [1.807, 2.05) is 6.20 Å². The Morgan fingerprint density at radius 1 is 1.44 bits per heavy atom. The fourth-order valence-corrected chi connectivity index (χ4v) is 2.33. The van der Waals surface area contributed by atoms with E-state index in [-0.39, 0.29) is 0 Å². The Bertz CT molecular complexity index is 362. The van der Waals surface area contributed by atoms with E-state index in [4.69, 9.17) is 4.74 Å². The number of ether oxygens (including phenoxy) is 1. The molecule has 0 aromatic carbocycles. The normalized spacial score (nSPS) is 17.1. The minimum Gasteiger partial charge on any atom is -0.381 e. The number of anilines is 1. The SMILES string of the molecule is CCNCc1ccnc(N2CCC(OC)CC2)c1. The molecule has 0 amide bonds. The van der Waals surface area contributed by atoms with Crippen LogP contribution in [0.1, 0.15) is 25.3 Å². The van der Waals surface area contributed by atoms with Crippen LogP contribution in [0.3, 0.4) is 0 Å². The van der Waals surface area contributed by atoms with E-state index in [1.54, 1.807) is 7.11 Å². The highest BCUT2D eigenvalue weighted by Crippen LogP contribution is 2.19. The third-order valence-corrected chi connectivity index (χ3v) is 3.49. The lowest BCUT2D eigenvalue weighted by atomic mass is 10.1. The van der Waals surface area contributed by atoms with Gasteiger partial charge in [0, 0.05) is 32.9 Å². The zero-order valence-corrected chi connectivity index (χ0v) is 11.4. The van der Waals surface area contributed by atoms with Crippen LogP contribution in [0.5, 0.6) is 0 Å². The molecule has 0 unspecified atom stereocenters. The monoisotopic (exact) mass is 249 g/mol. The van der Waals surface area contributed by atoms with Crippen molar-refractivity contribution in [3.63, 3.8) is 0 Å². The molecule has 0 bridgehead atoms. The molecule has 0 aliphatic carbocycles. The quantitative estimate of drug-likeness (QED) is 0.863. The van der Waals surface area contributed by atoms with Gasteiger partial charge in [0.05, 0.1) is 6.10 Å². The van der Waals surface area contributed by atoms with Crippen molar-refractivity contribution in [1.29, 1.82) is 0 Å². The van der Waals surface area contributed by atoms with Crippen molar-refractivity contribution in [2.45, 2.75) is 32.4 Å². The van der Waals surface area contributed by atoms with Gasteiger partial charge in [0.2, 0.25) is 0 Å². The summed E-state index contributed by atoms with van der Waals surface area (Å²) in [6, 6.07) is 4.27. The van der Waals surface area contributed by atoms with Crippen molar-refractivity contribution in [3.05, 3.63) is 23.9 Å². The molecule has 18 heavy (non-hydrogen) atoms. The van der Waals surface area contributed by atoms with Gasteiger partial charge in [-0.25, -0.2) is 4.98 Å². The molecule has 1 aliphatic rings. The van der Waals surface area contributed by atoms with Crippen molar-refractivity contribution in [2.24, 2.45) is 0 Å². The molecule has 1 aromatic rings. The van der Waals surface area contributed by atoms with Crippen molar-refractivity contribution < 1.29 is 4.74 Å². The number of pyridine rings is 1. The third kappa shape index (κ3) is 3.43. The lowest BCUT2D eigenvalue weighted by Gasteiger charge is -2.32. The molecule has 1 aromatic heterocycles. The van der Waals surface area contributed by atoms with Crippen LogP contribution in [0.4, 0.5) is 5.82 Å². The minimum atomic E-state index is 0.422. The Kier molecular flexibility index (Phi) is 4.96. The summed E-state index contributed by atoms with van der Waals surface area (Å²) in [5.74, 6) is 1.10. The van der Waals surface area contributed by atoms with Crippen LogP contribution in [-0.4, -0.2) is 37.8 Å². The molecular weight excluding hydrogens is 226 g/mol. The summed E-state index contributed by atoms with van der Waals surface area (Å²) in [6.07, 6.45) is 4.52. The summed E-state index contributed by atoms with van der Waals surface area (Å²) < 4.78 is 5.40. The zero-order chi connectivity index (χ0) is 12.8. The predicted octanol–water partition coefficient (Wildman–Crippen LogP) is 1.81. The maximum atomic E-state index is 5.40. The molecule has 1 aliphatic heterocycles. The molecule has 2 rings (SSSR count). The first-order chi connectivity index (χ1) is 8.83. The number of nitrogens with zero attached hydrogens (tertiary/aromatic N) is 2. The highest BCUT2D eigenvalue weighted by molar-refractivity contribution is 5.41. The van der Waals surface area contributed by atoms with Crippen molar-refractivity contribution in [1.82, 2.24) is 10.3 Å². The summed E-state index contributed by atoms with van der Waals surface area (Å²) >= 11 is 0. The Hall–Kier alpha value is -1.13. The minimum absolute atomic E-state index is 0.422. The summed E-state index contributed by atoms with van der Waals surface area (Å²) in [5.41, 5.74) is 1.30. The molecule has 1 N–H and O–H groups in total. The van der Waals surface area contributed by atoms with E-state index < -0.39 is 0 Å². The number of nitrogens with one attached hydrogen (secondary N) is 1. The highest BCUT2D eigenvalue weighted by atomic mass is 16.5. The number of piperidine rings is 1. The van der Waals surface area contributed by atoms with E-state index in [0.29, 0.717) is 6.10 Å². The lowest BCUT2D eigenvalue weighted by Crippen LogP contribution is -2.37. The molecule has 4 nitrogen and oxygen atoms in total. The first-order valence-electron chi connectivity index (χ1n) is 6.77. The molecule has 2 heterocycles. The van der Waals surface area contributed by atoms with Crippen molar-refractivity contribution >= 4 is 5.82 Å². The van der Waals surface area contributed by atoms with Crippen LogP contribution < -0.4 is 10.2 Å². The highest BCUT2D eigenvalue weighted by Gasteiger charge is 2.19. The zero-order valence-electron chi connectivity index (χ0n) is 11.4. The van der Waals surface area contributed by atoms with E-state index in [2.05, 4.69) is 34.3 Å². The maximum Gasteiger partial charge on any atom is 0.128 e. The fourth-order valence-electron chi connectivity index (χ4n) is 2.33. The van der Waals surface area contributed by atoms with Crippen LogP contribution in [0, 0.1) is 0 Å². The van der Waals surface area contributed by atoms with Gasteiger partial charge in [-0.05, 0) is 37.1 Å². The van der Waals surface area contributed by atoms with Crippen LogP contribution in [0.25, 0.3) is 0 Å². The third-order valence-electron chi connectivity index (χ3n) is 3.49. The number of aromatic nitrogens is 1. The Morgan fingerprint density at radius 2 is 2.22 bits per heavy atom. The average molecular weight is 249 g/mol. The molecule has 0 spiro atoms. The molecule has 0 radical (unpaired) electrons. The van der Waals surface area contributed by atoms with Crippen LogP contribution in [0.2, 0.25) is 0 Å². The second-order valence-corrected chi connectivity index (χ2v) is 4.72. The van der Waals surface area contributed by atoms with E-state index in [1.165, 1.54) is 5.56 Å². The van der Waals surface area contributed by atoms with Gasteiger partial charge >= 0.3 is 0 Å². The molecule has 0 atom stereocenters. The summed E-state index contributed by atoms with van der Waals surface area (Å²) in [4.78, 5) is 6.83. The first kappa shape index (κ1) is 13.3. The fraction of sp³-hybridized carbons (Fsp3) is 0.643. The van der Waals surface area contributed by atoms with Gasteiger partial charge < -0.3 is 15.0 Å². The van der Waals surface area contributed by atoms with Crippen LogP contribution in [-0.2, 0) is 11.3 Å². The first-order valence-corrected chi connectivity index (χ1v) is 6.77. The van der Waals surface area contributed by atoms with E-state index >= 15 is 0 Å². The van der Waals surface area contributed by atoms with Gasteiger partial charge in [0.15, 0.2) is 0 Å². The molecule has 100 valence electrons. The molecule has 4 heteroatoms. The van der Waals surface area contributed by atoms with Crippen LogP contribution in [0.15, 0.2) is 18.3 Å². The summed E-state index contributed by atoms with van der Waals surface area (Å²) in [5, 5.41) is 3.34. The molecule has 0 saturated carbocycles. The Morgan fingerprint density at radius 3 is 2.89 bits per heavy atom. The van der Waals surface area contributed by atoms with E-state index in [9.17, 15) is 0 Å². The summed E-state index contributed by atoms with van der Waals surface area (Å²) in [6.45, 7) is 6.11. The number of methoxy groups -OCH3 is 1. The standard InChI is InChI=1S/C14H23N3O/c1-3-15-11-12-4-7-16-14(10-12)17-8-5-13(18-2)6-9-17/h4,7,10,13,15H,3,5-6,8-9,11H2,1-2H3.